The molecule has 4 heterocycles. The molecule has 7 nitrogen and oxygen atoms in total. The van der Waals surface area contributed by atoms with Crippen molar-refractivity contribution < 1.29 is 19.1 Å². The Morgan fingerprint density at radius 1 is 1.00 bits per heavy atom. The zero-order chi connectivity index (χ0) is 22.0. The van der Waals surface area contributed by atoms with Crippen molar-refractivity contribution in [2.75, 3.05) is 32.7 Å². The van der Waals surface area contributed by atoms with Crippen molar-refractivity contribution in [3.63, 3.8) is 0 Å². The quantitative estimate of drug-likeness (QED) is 0.730. The number of rotatable bonds is 4. The van der Waals surface area contributed by atoms with E-state index in [1.54, 1.807) is 0 Å². The van der Waals surface area contributed by atoms with E-state index in [0.29, 0.717) is 12.5 Å². The molecule has 5 rings (SSSR count). The number of likely N-dealkylation sites (tertiary alicyclic amines) is 1. The van der Waals surface area contributed by atoms with Gasteiger partial charge in [-0.1, -0.05) is 30.3 Å². The van der Waals surface area contributed by atoms with Crippen LogP contribution in [0.5, 0.6) is 0 Å². The lowest BCUT2D eigenvalue weighted by molar-refractivity contribution is -0.0799. The molecule has 2 bridgehead atoms. The number of carbonyl (C=O) groups excluding carboxylic acids is 2. The van der Waals surface area contributed by atoms with Gasteiger partial charge in [0, 0.05) is 32.7 Å². The Morgan fingerprint density at radius 2 is 1.65 bits per heavy atom. The predicted octanol–water partition coefficient (Wildman–Crippen LogP) is 3.73. The maximum atomic E-state index is 12.4. The lowest BCUT2D eigenvalue weighted by Gasteiger charge is -2.56. The Labute approximate surface area is 185 Å². The van der Waals surface area contributed by atoms with Crippen LogP contribution in [0.25, 0.3) is 0 Å². The van der Waals surface area contributed by atoms with Gasteiger partial charge in [0.25, 0.3) is 0 Å². The Hall–Kier alpha value is -2.28. The number of carbonyl (C=O) groups is 2. The highest BCUT2D eigenvalue weighted by Crippen LogP contribution is 2.34. The fourth-order valence-corrected chi connectivity index (χ4v) is 4.93. The van der Waals surface area contributed by atoms with Crippen molar-refractivity contribution in [2.24, 2.45) is 5.92 Å². The molecule has 0 spiro atoms. The van der Waals surface area contributed by atoms with Crippen LogP contribution in [0.4, 0.5) is 9.59 Å². The average Bonchev–Trinajstić information content (AvgIpc) is 2.72. The van der Waals surface area contributed by atoms with E-state index in [1.807, 2.05) is 60.9 Å². The van der Waals surface area contributed by atoms with Crippen molar-refractivity contribution in [3.8, 4) is 0 Å². The van der Waals surface area contributed by atoms with Crippen molar-refractivity contribution in [2.45, 2.75) is 64.3 Å². The first-order valence-electron chi connectivity index (χ1n) is 11.5. The minimum absolute atomic E-state index is 0.171. The van der Waals surface area contributed by atoms with E-state index < -0.39 is 5.60 Å². The zero-order valence-corrected chi connectivity index (χ0v) is 19.0. The van der Waals surface area contributed by atoms with Gasteiger partial charge in [0.1, 0.15) is 12.2 Å². The molecule has 0 N–H and O–H groups in total. The molecule has 1 aromatic rings. The van der Waals surface area contributed by atoms with Crippen LogP contribution < -0.4 is 0 Å². The molecule has 2 atom stereocenters. The van der Waals surface area contributed by atoms with Gasteiger partial charge >= 0.3 is 12.2 Å². The smallest absolute Gasteiger partial charge is 0.410 e. The van der Waals surface area contributed by atoms with Crippen LogP contribution in [-0.2, 0) is 16.1 Å². The van der Waals surface area contributed by atoms with E-state index in [1.165, 1.54) is 0 Å². The number of piperazine rings is 1. The van der Waals surface area contributed by atoms with E-state index in [9.17, 15) is 9.59 Å². The van der Waals surface area contributed by atoms with Crippen molar-refractivity contribution in [1.82, 2.24) is 14.7 Å². The van der Waals surface area contributed by atoms with Gasteiger partial charge in [-0.25, -0.2) is 9.59 Å². The highest BCUT2D eigenvalue weighted by Gasteiger charge is 2.48. The Morgan fingerprint density at radius 3 is 2.26 bits per heavy atom. The maximum absolute atomic E-state index is 12.4. The summed E-state index contributed by atoms with van der Waals surface area (Å²) >= 11 is 0. The van der Waals surface area contributed by atoms with Gasteiger partial charge in [-0.2, -0.15) is 0 Å². The topological polar surface area (TPSA) is 62.3 Å². The first kappa shape index (κ1) is 21.9. The highest BCUT2D eigenvalue weighted by atomic mass is 16.6. The number of hydrogen-bond donors (Lipinski definition) is 0. The number of ether oxygens (including phenoxy) is 2. The van der Waals surface area contributed by atoms with Crippen molar-refractivity contribution in [1.29, 1.82) is 0 Å². The van der Waals surface area contributed by atoms with Crippen molar-refractivity contribution in [3.05, 3.63) is 35.9 Å². The molecule has 2 unspecified atom stereocenters. The molecule has 0 aromatic heterocycles. The summed E-state index contributed by atoms with van der Waals surface area (Å²) < 4.78 is 11.0. The molecule has 1 aromatic carbocycles. The van der Waals surface area contributed by atoms with Crippen LogP contribution in [0.15, 0.2) is 30.3 Å². The van der Waals surface area contributed by atoms with Gasteiger partial charge in [-0.05, 0) is 51.5 Å². The normalized spacial score (nSPS) is 24.5. The molecule has 4 aliphatic rings. The SMILES string of the molecule is CC(C)(C)OC(=O)N1C2CC1CN(CC1CCN(C(=O)OCc3ccccc3)CC1)C2. The molecule has 7 heteroatoms. The number of benzene rings is 1. The van der Waals surface area contributed by atoms with E-state index >= 15 is 0 Å². The Kier molecular flexibility index (Phi) is 6.42. The summed E-state index contributed by atoms with van der Waals surface area (Å²) in [6, 6.07) is 10.3. The van der Waals surface area contributed by atoms with Gasteiger partial charge in [-0.3, -0.25) is 9.80 Å². The molecule has 170 valence electrons. The average molecular weight is 430 g/mol. The molecule has 0 radical (unpaired) electrons. The highest BCUT2D eigenvalue weighted by molar-refractivity contribution is 5.70. The van der Waals surface area contributed by atoms with Crippen molar-refractivity contribution >= 4 is 12.2 Å². The molecule has 0 aliphatic carbocycles. The first-order valence-corrected chi connectivity index (χ1v) is 11.5. The van der Waals surface area contributed by atoms with Crippen LogP contribution in [0, 0.1) is 5.92 Å². The number of piperidine rings is 2. The van der Waals surface area contributed by atoms with Crippen LogP contribution in [0.3, 0.4) is 0 Å². The number of amides is 2. The second-order valence-corrected chi connectivity index (χ2v) is 10.1. The minimum Gasteiger partial charge on any atom is -0.445 e. The van der Waals surface area contributed by atoms with E-state index in [-0.39, 0.29) is 24.3 Å². The summed E-state index contributed by atoms with van der Waals surface area (Å²) in [5.74, 6) is 0.589. The van der Waals surface area contributed by atoms with Gasteiger partial charge in [0.2, 0.25) is 0 Å². The van der Waals surface area contributed by atoms with E-state index in [2.05, 4.69) is 4.90 Å². The largest absolute Gasteiger partial charge is 0.445 e. The Balaban J connectivity index is 1.17. The summed E-state index contributed by atoms with van der Waals surface area (Å²) in [6.45, 7) is 10.5. The van der Waals surface area contributed by atoms with Crippen LogP contribution in [0.1, 0.15) is 45.6 Å². The molecular weight excluding hydrogens is 394 g/mol. The second kappa shape index (κ2) is 9.07. The molecule has 31 heavy (non-hydrogen) atoms. The summed E-state index contributed by atoms with van der Waals surface area (Å²) in [4.78, 5) is 31.1. The molecule has 4 aliphatic heterocycles. The standard InChI is InChI=1S/C24H35N3O4/c1-24(2,3)31-23(29)27-20-13-21(27)16-25(15-20)14-18-9-11-26(12-10-18)22(28)30-17-19-7-5-4-6-8-19/h4-8,18,20-21H,9-17H2,1-3H3. The van der Waals surface area contributed by atoms with E-state index in [0.717, 1.165) is 57.5 Å². The second-order valence-electron chi connectivity index (χ2n) is 10.1. The maximum Gasteiger partial charge on any atom is 0.410 e. The number of nitrogens with zero attached hydrogens (tertiary/aromatic N) is 3. The number of fused-ring (bicyclic) bond motifs is 2. The molecule has 0 saturated carbocycles. The van der Waals surface area contributed by atoms with Crippen LogP contribution >= 0.6 is 0 Å². The fraction of sp³-hybridized carbons (Fsp3) is 0.667. The minimum atomic E-state index is -0.448. The first-order chi connectivity index (χ1) is 14.8. The molecule has 4 fully saturated rings. The Bertz CT molecular complexity index is 759. The van der Waals surface area contributed by atoms with Crippen LogP contribution in [0.2, 0.25) is 0 Å². The predicted molar refractivity (Wildman–Crippen MR) is 118 cm³/mol. The third-order valence-electron chi connectivity index (χ3n) is 6.47. The third kappa shape index (κ3) is 5.50. The third-order valence-corrected chi connectivity index (χ3v) is 6.47. The zero-order valence-electron chi connectivity index (χ0n) is 19.0. The molecule has 4 saturated heterocycles. The summed E-state index contributed by atoms with van der Waals surface area (Å²) in [5, 5.41) is 0. The van der Waals surface area contributed by atoms with Gasteiger partial charge in [-0.15, -0.1) is 0 Å². The molecular formula is C24H35N3O4. The van der Waals surface area contributed by atoms with Gasteiger partial charge in [0.05, 0.1) is 12.1 Å². The summed E-state index contributed by atoms with van der Waals surface area (Å²) in [5.41, 5.74) is 0.562. The summed E-state index contributed by atoms with van der Waals surface area (Å²) in [6.07, 6.45) is 2.70. The van der Waals surface area contributed by atoms with Gasteiger partial charge in [0.15, 0.2) is 0 Å². The fourth-order valence-electron chi connectivity index (χ4n) is 4.93. The lowest BCUT2D eigenvalue weighted by Crippen LogP contribution is -2.70. The van der Waals surface area contributed by atoms with Crippen LogP contribution in [-0.4, -0.2) is 77.3 Å². The molecule has 2 amide bonds. The van der Waals surface area contributed by atoms with Gasteiger partial charge < -0.3 is 14.4 Å². The van der Waals surface area contributed by atoms with E-state index in [4.69, 9.17) is 9.47 Å². The summed E-state index contributed by atoms with van der Waals surface area (Å²) in [7, 11) is 0. The lowest BCUT2D eigenvalue weighted by atomic mass is 9.86. The number of hydrogen-bond acceptors (Lipinski definition) is 5. The monoisotopic (exact) mass is 429 g/mol.